The molecule has 0 spiro atoms. The summed E-state index contributed by atoms with van der Waals surface area (Å²) in [5.74, 6) is -2.17. The first-order valence-corrected chi connectivity index (χ1v) is 9.41. The van der Waals surface area contributed by atoms with Gasteiger partial charge < -0.3 is 4.90 Å². The van der Waals surface area contributed by atoms with Gasteiger partial charge in [0.25, 0.3) is 5.91 Å². The van der Waals surface area contributed by atoms with E-state index in [9.17, 15) is 13.6 Å². The third-order valence-corrected chi connectivity index (χ3v) is 5.79. The molecule has 1 fully saturated rings. The Morgan fingerprint density at radius 2 is 1.77 bits per heavy atom. The molecule has 2 heterocycles. The third kappa shape index (κ3) is 3.34. The van der Waals surface area contributed by atoms with E-state index < -0.39 is 11.6 Å². The maximum Gasteiger partial charge on any atom is 0.254 e. The molecule has 0 N–H and O–H groups in total. The summed E-state index contributed by atoms with van der Waals surface area (Å²) in [6.45, 7) is 3.55. The summed E-state index contributed by atoms with van der Waals surface area (Å²) in [5, 5.41) is 3.49. The zero-order valence-corrected chi connectivity index (χ0v) is 14.9. The van der Waals surface area contributed by atoms with Crippen molar-refractivity contribution >= 4 is 27.3 Å². The Morgan fingerprint density at radius 3 is 2.54 bits per heavy atom. The number of carbonyl (C=O) groups excluding carboxylic acids is 1. The van der Waals surface area contributed by atoms with E-state index in [-0.39, 0.29) is 11.5 Å². The van der Waals surface area contributed by atoms with Gasteiger partial charge in [0.1, 0.15) is 0 Å². The molecule has 1 aliphatic heterocycles. The molecule has 1 amide bonds. The number of fused-ring (bicyclic) bond motifs is 1. The molecular weight excluding hydrogens is 354 g/mol. The number of carbonyl (C=O) groups is 1. The lowest BCUT2D eigenvalue weighted by atomic mass is 10.1. The lowest BCUT2D eigenvalue weighted by molar-refractivity contribution is 0.0628. The summed E-state index contributed by atoms with van der Waals surface area (Å²) in [6, 6.07) is 11.7. The van der Waals surface area contributed by atoms with Crippen LogP contribution in [0.25, 0.3) is 10.1 Å². The molecule has 0 saturated carbocycles. The van der Waals surface area contributed by atoms with Crippen LogP contribution in [0.1, 0.15) is 15.9 Å². The lowest BCUT2D eigenvalue weighted by Gasteiger charge is -2.34. The normalized spacial score (nSPS) is 15.5. The van der Waals surface area contributed by atoms with Crippen molar-refractivity contribution in [3.63, 3.8) is 0 Å². The molecule has 134 valence electrons. The topological polar surface area (TPSA) is 23.6 Å². The number of rotatable bonds is 3. The Balaban J connectivity index is 1.39. The molecule has 2 aromatic carbocycles. The first-order valence-electron chi connectivity index (χ1n) is 8.53. The minimum atomic E-state index is -0.987. The van der Waals surface area contributed by atoms with Gasteiger partial charge in [-0.3, -0.25) is 9.69 Å². The Bertz CT molecular complexity index is 948. The van der Waals surface area contributed by atoms with Gasteiger partial charge in [-0.05, 0) is 40.6 Å². The summed E-state index contributed by atoms with van der Waals surface area (Å²) < 4.78 is 27.7. The first-order chi connectivity index (χ1) is 12.6. The average molecular weight is 372 g/mol. The van der Waals surface area contributed by atoms with E-state index in [1.165, 1.54) is 21.7 Å². The van der Waals surface area contributed by atoms with Crippen LogP contribution in [0.2, 0.25) is 0 Å². The zero-order chi connectivity index (χ0) is 18.1. The number of halogens is 2. The van der Waals surface area contributed by atoms with Gasteiger partial charge in [0.15, 0.2) is 11.6 Å². The number of thiophene rings is 1. The summed E-state index contributed by atoms with van der Waals surface area (Å²) in [7, 11) is 0. The number of hydrogen-bond acceptors (Lipinski definition) is 3. The molecule has 6 heteroatoms. The molecule has 1 aromatic heterocycles. The second kappa shape index (κ2) is 7.13. The van der Waals surface area contributed by atoms with Crippen LogP contribution < -0.4 is 0 Å². The van der Waals surface area contributed by atoms with E-state index in [1.807, 2.05) is 6.07 Å². The molecule has 0 atom stereocenters. The van der Waals surface area contributed by atoms with Crippen LogP contribution in [0.5, 0.6) is 0 Å². The van der Waals surface area contributed by atoms with Gasteiger partial charge in [-0.15, -0.1) is 11.3 Å². The number of nitrogens with zero attached hydrogens (tertiary/aromatic N) is 2. The van der Waals surface area contributed by atoms with Crippen molar-refractivity contribution in [3.8, 4) is 0 Å². The molecule has 4 rings (SSSR count). The first kappa shape index (κ1) is 17.1. The van der Waals surface area contributed by atoms with Gasteiger partial charge in [-0.2, -0.15) is 0 Å². The van der Waals surface area contributed by atoms with Gasteiger partial charge in [-0.1, -0.05) is 18.2 Å². The molecule has 1 saturated heterocycles. The summed E-state index contributed by atoms with van der Waals surface area (Å²) in [4.78, 5) is 16.5. The SMILES string of the molecule is O=C(c1ccc(F)c(F)c1)N1CCN(Cc2csc3ccccc23)CC1. The molecule has 1 aliphatic rings. The fourth-order valence-corrected chi connectivity index (χ4v) is 4.27. The minimum absolute atomic E-state index is 0.196. The van der Waals surface area contributed by atoms with Crippen molar-refractivity contribution < 1.29 is 13.6 Å². The molecule has 3 nitrogen and oxygen atoms in total. The van der Waals surface area contributed by atoms with Crippen molar-refractivity contribution in [2.24, 2.45) is 0 Å². The van der Waals surface area contributed by atoms with Gasteiger partial charge in [0.05, 0.1) is 0 Å². The van der Waals surface area contributed by atoms with E-state index >= 15 is 0 Å². The Hall–Kier alpha value is -2.31. The fourth-order valence-electron chi connectivity index (χ4n) is 3.32. The van der Waals surface area contributed by atoms with Crippen LogP contribution in [0, 0.1) is 11.6 Å². The predicted octanol–water partition coefficient (Wildman–Crippen LogP) is 4.14. The molecule has 0 bridgehead atoms. The molecule has 0 radical (unpaired) electrons. The Kier molecular flexibility index (Phi) is 4.70. The van der Waals surface area contributed by atoms with Crippen LogP contribution >= 0.6 is 11.3 Å². The van der Waals surface area contributed by atoms with E-state index in [4.69, 9.17) is 0 Å². The lowest BCUT2D eigenvalue weighted by Crippen LogP contribution is -2.48. The monoisotopic (exact) mass is 372 g/mol. The average Bonchev–Trinajstić information content (AvgIpc) is 3.07. The van der Waals surface area contributed by atoms with Crippen molar-refractivity contribution in [1.82, 2.24) is 9.80 Å². The summed E-state index contributed by atoms with van der Waals surface area (Å²) >= 11 is 1.75. The number of piperazine rings is 1. The standard InChI is InChI=1S/C20H18F2N2OS/c21-17-6-5-14(11-18(17)22)20(25)24-9-7-23(8-10-24)12-15-13-26-19-4-2-1-3-16(15)19/h1-6,11,13H,7-10,12H2. The largest absolute Gasteiger partial charge is 0.336 e. The van der Waals surface area contributed by atoms with Gasteiger partial charge in [0, 0.05) is 43.0 Å². The third-order valence-electron chi connectivity index (χ3n) is 4.78. The molecule has 0 aliphatic carbocycles. The van der Waals surface area contributed by atoms with Crippen molar-refractivity contribution in [2.45, 2.75) is 6.54 Å². The van der Waals surface area contributed by atoms with Crippen LogP contribution in [-0.2, 0) is 6.54 Å². The van der Waals surface area contributed by atoms with Gasteiger partial charge in [0.2, 0.25) is 0 Å². The van der Waals surface area contributed by atoms with Gasteiger partial charge >= 0.3 is 0 Å². The van der Waals surface area contributed by atoms with Crippen LogP contribution in [0.3, 0.4) is 0 Å². The molecule has 3 aromatic rings. The summed E-state index contributed by atoms with van der Waals surface area (Å²) in [5.41, 5.74) is 1.51. The van der Waals surface area contributed by atoms with Crippen molar-refractivity contribution in [2.75, 3.05) is 26.2 Å². The van der Waals surface area contributed by atoms with E-state index in [0.717, 1.165) is 31.8 Å². The second-order valence-electron chi connectivity index (χ2n) is 6.45. The Morgan fingerprint density at radius 1 is 1.00 bits per heavy atom. The number of amides is 1. The molecule has 0 unspecified atom stereocenters. The number of hydrogen-bond donors (Lipinski definition) is 0. The quantitative estimate of drug-likeness (QED) is 0.690. The van der Waals surface area contributed by atoms with Crippen molar-refractivity contribution in [1.29, 1.82) is 0 Å². The maximum atomic E-state index is 13.4. The Labute approximate surface area is 154 Å². The molecular formula is C20H18F2N2OS. The highest BCUT2D eigenvalue weighted by atomic mass is 32.1. The van der Waals surface area contributed by atoms with Crippen molar-refractivity contribution in [3.05, 3.63) is 70.6 Å². The zero-order valence-electron chi connectivity index (χ0n) is 14.1. The highest BCUT2D eigenvalue weighted by Crippen LogP contribution is 2.27. The van der Waals surface area contributed by atoms with Crippen LogP contribution in [0.15, 0.2) is 47.8 Å². The molecule has 26 heavy (non-hydrogen) atoms. The van der Waals surface area contributed by atoms with Crippen LogP contribution in [-0.4, -0.2) is 41.9 Å². The maximum absolute atomic E-state index is 13.4. The predicted molar refractivity (Wildman–Crippen MR) is 99.4 cm³/mol. The van der Waals surface area contributed by atoms with Gasteiger partial charge in [-0.25, -0.2) is 8.78 Å². The summed E-state index contributed by atoms with van der Waals surface area (Å²) in [6.07, 6.45) is 0. The number of benzene rings is 2. The smallest absolute Gasteiger partial charge is 0.254 e. The van der Waals surface area contributed by atoms with E-state index in [2.05, 4.69) is 28.5 Å². The van der Waals surface area contributed by atoms with E-state index in [0.29, 0.717) is 13.1 Å². The van der Waals surface area contributed by atoms with E-state index in [1.54, 1.807) is 16.2 Å². The highest BCUT2D eigenvalue weighted by molar-refractivity contribution is 7.17. The fraction of sp³-hybridized carbons (Fsp3) is 0.250. The highest BCUT2D eigenvalue weighted by Gasteiger charge is 2.23. The minimum Gasteiger partial charge on any atom is -0.336 e. The van der Waals surface area contributed by atoms with Crippen LogP contribution in [0.4, 0.5) is 8.78 Å². The second-order valence-corrected chi connectivity index (χ2v) is 7.37.